The molecule has 1 fully saturated rings. The lowest BCUT2D eigenvalue weighted by Gasteiger charge is -2.28. The van der Waals surface area contributed by atoms with Crippen LogP contribution < -0.4 is 4.74 Å². The second-order valence-electron chi connectivity index (χ2n) is 5.94. The van der Waals surface area contributed by atoms with E-state index >= 15 is 0 Å². The van der Waals surface area contributed by atoms with Gasteiger partial charge in [0, 0.05) is 11.8 Å². The smallest absolute Gasteiger partial charge is 0.314 e. The highest BCUT2D eigenvalue weighted by Gasteiger charge is 2.33. The Hall–Kier alpha value is -1.97. The molecule has 112 valence electrons. The molecular formula is C17H20O4. The van der Waals surface area contributed by atoms with Gasteiger partial charge in [0.2, 0.25) is 0 Å². The van der Waals surface area contributed by atoms with Crippen molar-refractivity contribution in [1.29, 1.82) is 0 Å². The molecule has 1 aliphatic carbocycles. The van der Waals surface area contributed by atoms with E-state index in [9.17, 15) is 14.4 Å². The van der Waals surface area contributed by atoms with Gasteiger partial charge in [0.15, 0.2) is 0 Å². The summed E-state index contributed by atoms with van der Waals surface area (Å²) in [7, 11) is 0. The van der Waals surface area contributed by atoms with Gasteiger partial charge in [-0.05, 0) is 56.4 Å². The number of esters is 1. The average molecular weight is 288 g/mol. The normalized spacial score (nSPS) is 25.1. The van der Waals surface area contributed by atoms with Crippen LogP contribution in [0.3, 0.4) is 0 Å². The van der Waals surface area contributed by atoms with Crippen LogP contribution in [-0.2, 0) is 14.4 Å². The monoisotopic (exact) mass is 288 g/mol. The zero-order valence-corrected chi connectivity index (χ0v) is 12.4. The van der Waals surface area contributed by atoms with Crippen LogP contribution >= 0.6 is 0 Å². The van der Waals surface area contributed by atoms with Crippen molar-refractivity contribution >= 4 is 18.5 Å². The maximum absolute atomic E-state index is 12.3. The second kappa shape index (κ2) is 6.66. The minimum atomic E-state index is -0.384. The van der Waals surface area contributed by atoms with E-state index < -0.39 is 0 Å². The molecule has 1 aromatic rings. The van der Waals surface area contributed by atoms with E-state index in [2.05, 4.69) is 0 Å². The van der Waals surface area contributed by atoms with Crippen molar-refractivity contribution < 1.29 is 19.1 Å². The van der Waals surface area contributed by atoms with Gasteiger partial charge >= 0.3 is 5.97 Å². The van der Waals surface area contributed by atoms with Crippen LogP contribution in [-0.4, -0.2) is 18.5 Å². The Morgan fingerprint density at radius 1 is 1.00 bits per heavy atom. The van der Waals surface area contributed by atoms with Gasteiger partial charge in [-0.1, -0.05) is 6.07 Å². The Morgan fingerprint density at radius 3 is 2.00 bits per heavy atom. The molecule has 0 heterocycles. The molecule has 0 amide bonds. The minimum absolute atomic E-state index is 0.231. The molecule has 1 saturated carbocycles. The standard InChI is InChI=1S/C17H20O4/c1-11-3-12(2)5-16(4-11)21-17(20)15-7-13(9-18)6-14(8-15)10-19/h3-5,9-10,13-15H,6-8H2,1-2H3. The fourth-order valence-electron chi connectivity index (χ4n) is 3.01. The number of ether oxygens (including phenoxy) is 1. The molecule has 0 spiro atoms. The summed E-state index contributed by atoms with van der Waals surface area (Å²) in [4.78, 5) is 34.2. The number of hydrogen-bond donors (Lipinski definition) is 0. The van der Waals surface area contributed by atoms with Crippen molar-refractivity contribution in [2.75, 3.05) is 0 Å². The summed E-state index contributed by atoms with van der Waals surface area (Å²) >= 11 is 0. The molecular weight excluding hydrogens is 268 g/mol. The molecule has 0 bridgehead atoms. The molecule has 21 heavy (non-hydrogen) atoms. The number of carbonyl (C=O) groups excluding carboxylic acids is 3. The highest BCUT2D eigenvalue weighted by molar-refractivity contribution is 5.77. The number of hydrogen-bond acceptors (Lipinski definition) is 4. The number of aryl methyl sites for hydroxylation is 2. The zero-order chi connectivity index (χ0) is 15.4. The van der Waals surface area contributed by atoms with Crippen molar-refractivity contribution in [3.63, 3.8) is 0 Å². The zero-order valence-electron chi connectivity index (χ0n) is 12.4. The Balaban J connectivity index is 2.08. The average Bonchev–Trinajstić information content (AvgIpc) is 2.45. The highest BCUT2D eigenvalue weighted by atomic mass is 16.5. The molecule has 1 aliphatic rings. The van der Waals surface area contributed by atoms with Gasteiger partial charge in [0.05, 0.1) is 5.92 Å². The van der Waals surface area contributed by atoms with Crippen LogP contribution in [0.1, 0.15) is 30.4 Å². The molecule has 4 heteroatoms. The van der Waals surface area contributed by atoms with Crippen LogP contribution in [0.4, 0.5) is 0 Å². The third kappa shape index (κ3) is 4.00. The Bertz CT molecular complexity index is 513. The molecule has 2 unspecified atom stereocenters. The van der Waals surface area contributed by atoms with Gasteiger partial charge in [0.25, 0.3) is 0 Å². The number of carbonyl (C=O) groups is 3. The van der Waals surface area contributed by atoms with E-state index in [4.69, 9.17) is 4.74 Å². The quantitative estimate of drug-likeness (QED) is 0.485. The molecule has 2 rings (SSSR count). The van der Waals surface area contributed by atoms with Gasteiger partial charge in [-0.3, -0.25) is 4.79 Å². The first-order valence-corrected chi connectivity index (χ1v) is 7.22. The van der Waals surface area contributed by atoms with E-state index in [0.717, 1.165) is 23.7 Å². The predicted molar refractivity (Wildman–Crippen MR) is 78.0 cm³/mol. The van der Waals surface area contributed by atoms with E-state index in [1.165, 1.54) is 0 Å². The fraction of sp³-hybridized carbons (Fsp3) is 0.471. The van der Waals surface area contributed by atoms with Gasteiger partial charge in [-0.25, -0.2) is 0 Å². The highest BCUT2D eigenvalue weighted by Crippen LogP contribution is 2.32. The first kappa shape index (κ1) is 15.4. The summed E-state index contributed by atoms with van der Waals surface area (Å²) in [5.41, 5.74) is 2.05. The second-order valence-corrected chi connectivity index (χ2v) is 5.94. The maximum atomic E-state index is 12.3. The topological polar surface area (TPSA) is 60.4 Å². The Labute approximate surface area is 124 Å². The van der Waals surface area contributed by atoms with E-state index in [1.807, 2.05) is 32.0 Å². The third-order valence-corrected chi connectivity index (χ3v) is 3.91. The van der Waals surface area contributed by atoms with Crippen LogP contribution in [0.5, 0.6) is 5.75 Å². The lowest BCUT2D eigenvalue weighted by molar-refractivity contribution is -0.141. The molecule has 1 aromatic carbocycles. The van der Waals surface area contributed by atoms with Crippen molar-refractivity contribution in [1.82, 2.24) is 0 Å². The van der Waals surface area contributed by atoms with Crippen molar-refractivity contribution in [3.05, 3.63) is 29.3 Å². The Kier molecular flexibility index (Phi) is 4.89. The molecule has 0 N–H and O–H groups in total. The van der Waals surface area contributed by atoms with Crippen molar-refractivity contribution in [3.8, 4) is 5.75 Å². The summed E-state index contributed by atoms with van der Waals surface area (Å²) in [5, 5.41) is 0. The van der Waals surface area contributed by atoms with Gasteiger partial charge < -0.3 is 14.3 Å². The third-order valence-electron chi connectivity index (χ3n) is 3.91. The summed E-state index contributed by atoms with van der Waals surface area (Å²) < 4.78 is 5.43. The van der Waals surface area contributed by atoms with Crippen molar-refractivity contribution in [2.24, 2.45) is 17.8 Å². The van der Waals surface area contributed by atoms with E-state index in [-0.39, 0.29) is 23.7 Å². The number of benzene rings is 1. The lowest BCUT2D eigenvalue weighted by Crippen LogP contribution is -2.32. The molecule has 4 nitrogen and oxygen atoms in total. The van der Waals surface area contributed by atoms with Crippen LogP contribution in [0.2, 0.25) is 0 Å². The Morgan fingerprint density at radius 2 is 1.52 bits per heavy atom. The van der Waals surface area contributed by atoms with Crippen LogP contribution in [0.15, 0.2) is 18.2 Å². The summed E-state index contributed by atoms with van der Waals surface area (Å²) in [5.74, 6) is -0.673. The first-order valence-electron chi connectivity index (χ1n) is 7.22. The van der Waals surface area contributed by atoms with Gasteiger partial charge in [0.1, 0.15) is 18.3 Å². The fourth-order valence-corrected chi connectivity index (χ4v) is 3.01. The number of aldehydes is 2. The molecule has 0 aliphatic heterocycles. The van der Waals surface area contributed by atoms with Crippen molar-refractivity contribution in [2.45, 2.75) is 33.1 Å². The van der Waals surface area contributed by atoms with Gasteiger partial charge in [-0.2, -0.15) is 0 Å². The summed E-state index contributed by atoms with van der Waals surface area (Å²) in [6.45, 7) is 3.88. The van der Waals surface area contributed by atoms with E-state index in [0.29, 0.717) is 25.0 Å². The molecule has 0 aromatic heterocycles. The summed E-state index contributed by atoms with van der Waals surface area (Å²) in [6, 6.07) is 5.62. The minimum Gasteiger partial charge on any atom is -0.426 e. The SMILES string of the molecule is Cc1cc(C)cc(OC(=O)C2CC(C=O)CC(C=O)C2)c1. The predicted octanol–water partition coefficient (Wildman–Crippen LogP) is 2.64. The largest absolute Gasteiger partial charge is 0.426 e. The number of rotatable bonds is 4. The van der Waals surface area contributed by atoms with E-state index in [1.54, 1.807) is 0 Å². The molecule has 0 radical (unpaired) electrons. The maximum Gasteiger partial charge on any atom is 0.314 e. The van der Waals surface area contributed by atoms with Crippen LogP contribution in [0, 0.1) is 31.6 Å². The molecule has 2 atom stereocenters. The molecule has 0 saturated heterocycles. The first-order chi connectivity index (χ1) is 10.0. The summed E-state index contributed by atoms with van der Waals surface area (Å²) in [6.07, 6.45) is 3.16. The van der Waals surface area contributed by atoms with Crippen LogP contribution in [0.25, 0.3) is 0 Å². The lowest BCUT2D eigenvalue weighted by atomic mass is 9.76. The van der Waals surface area contributed by atoms with Gasteiger partial charge in [-0.15, -0.1) is 0 Å².